The van der Waals surface area contributed by atoms with Gasteiger partial charge in [-0.2, -0.15) is 0 Å². The van der Waals surface area contributed by atoms with Gasteiger partial charge in [-0.25, -0.2) is 9.97 Å². The monoisotopic (exact) mass is 264 g/mol. The minimum absolute atomic E-state index is 0.438. The van der Waals surface area contributed by atoms with Gasteiger partial charge in [-0.05, 0) is 25.8 Å². The van der Waals surface area contributed by atoms with Gasteiger partial charge in [-0.3, -0.25) is 0 Å². The van der Waals surface area contributed by atoms with E-state index in [1.54, 1.807) is 0 Å². The minimum Gasteiger partial charge on any atom is -0.340 e. The van der Waals surface area contributed by atoms with Crippen molar-refractivity contribution in [2.24, 2.45) is 0 Å². The molecule has 1 heterocycles. The van der Waals surface area contributed by atoms with Crippen molar-refractivity contribution >= 4 is 5.95 Å². The number of rotatable bonds is 7. The van der Waals surface area contributed by atoms with E-state index in [9.17, 15) is 0 Å². The Balaban J connectivity index is 2.79. The van der Waals surface area contributed by atoms with E-state index in [1.165, 1.54) is 0 Å². The third kappa shape index (κ3) is 5.15. The van der Waals surface area contributed by atoms with Crippen LogP contribution in [0.25, 0.3) is 0 Å². The zero-order valence-electron chi connectivity index (χ0n) is 13.2. The van der Waals surface area contributed by atoms with Crippen molar-refractivity contribution in [2.75, 3.05) is 24.5 Å². The minimum atomic E-state index is 0.438. The van der Waals surface area contributed by atoms with E-state index in [4.69, 9.17) is 0 Å². The molecule has 19 heavy (non-hydrogen) atoms. The van der Waals surface area contributed by atoms with Crippen molar-refractivity contribution in [3.05, 3.63) is 17.5 Å². The van der Waals surface area contributed by atoms with E-state index in [2.05, 4.69) is 60.9 Å². The van der Waals surface area contributed by atoms with Crippen LogP contribution in [-0.4, -0.2) is 35.6 Å². The van der Waals surface area contributed by atoms with Gasteiger partial charge in [0.2, 0.25) is 5.95 Å². The Morgan fingerprint density at radius 1 is 1.21 bits per heavy atom. The van der Waals surface area contributed by atoms with E-state index in [-0.39, 0.29) is 0 Å². The molecule has 0 spiro atoms. The molecule has 0 aliphatic carbocycles. The molecule has 108 valence electrons. The molecule has 4 nitrogen and oxygen atoms in total. The number of nitrogens with one attached hydrogen (secondary N) is 1. The molecule has 0 aliphatic rings. The number of aryl methyl sites for hydroxylation is 1. The van der Waals surface area contributed by atoms with Gasteiger partial charge in [-0.15, -0.1) is 0 Å². The largest absolute Gasteiger partial charge is 0.340 e. The van der Waals surface area contributed by atoms with Crippen molar-refractivity contribution in [3.63, 3.8) is 0 Å². The quantitative estimate of drug-likeness (QED) is 0.822. The number of hydrogen-bond donors (Lipinski definition) is 1. The number of aromatic nitrogens is 2. The van der Waals surface area contributed by atoms with Gasteiger partial charge in [-0.1, -0.05) is 27.7 Å². The van der Waals surface area contributed by atoms with E-state index in [0.29, 0.717) is 12.0 Å². The topological polar surface area (TPSA) is 41.0 Å². The molecule has 0 aromatic carbocycles. The molecule has 0 aliphatic heterocycles. The molecule has 0 saturated heterocycles. The number of likely N-dealkylation sites (N-methyl/N-ethyl adjacent to an activating group) is 1. The first-order valence-corrected chi connectivity index (χ1v) is 7.28. The second-order valence-corrected chi connectivity index (χ2v) is 5.58. The SMILES string of the molecule is CCN(CCNC(C)C)c1nc(C)cc(C(C)C)n1. The van der Waals surface area contributed by atoms with Crippen LogP contribution in [0.4, 0.5) is 5.95 Å². The van der Waals surface area contributed by atoms with Gasteiger partial charge in [0.15, 0.2) is 0 Å². The van der Waals surface area contributed by atoms with Crippen LogP contribution < -0.4 is 10.2 Å². The number of nitrogens with zero attached hydrogens (tertiary/aromatic N) is 3. The van der Waals surface area contributed by atoms with Gasteiger partial charge in [0.1, 0.15) is 0 Å². The fourth-order valence-corrected chi connectivity index (χ4v) is 1.90. The van der Waals surface area contributed by atoms with Gasteiger partial charge >= 0.3 is 0 Å². The Hall–Kier alpha value is -1.16. The normalized spacial score (nSPS) is 11.4. The molecular weight excluding hydrogens is 236 g/mol. The lowest BCUT2D eigenvalue weighted by molar-refractivity contribution is 0.579. The highest BCUT2D eigenvalue weighted by molar-refractivity contribution is 5.33. The second kappa shape index (κ2) is 7.43. The van der Waals surface area contributed by atoms with Gasteiger partial charge < -0.3 is 10.2 Å². The lowest BCUT2D eigenvalue weighted by atomic mass is 10.1. The summed E-state index contributed by atoms with van der Waals surface area (Å²) in [6.07, 6.45) is 0. The van der Waals surface area contributed by atoms with Gasteiger partial charge in [0.25, 0.3) is 0 Å². The van der Waals surface area contributed by atoms with E-state index in [1.807, 2.05) is 6.92 Å². The van der Waals surface area contributed by atoms with Crippen molar-refractivity contribution in [1.29, 1.82) is 0 Å². The average Bonchev–Trinajstić information content (AvgIpc) is 2.33. The van der Waals surface area contributed by atoms with Crippen molar-refractivity contribution in [3.8, 4) is 0 Å². The summed E-state index contributed by atoms with van der Waals surface area (Å²) in [5, 5.41) is 3.43. The van der Waals surface area contributed by atoms with Crippen LogP contribution in [0.3, 0.4) is 0 Å². The molecule has 0 unspecified atom stereocenters. The van der Waals surface area contributed by atoms with Gasteiger partial charge in [0, 0.05) is 37.1 Å². The predicted molar refractivity (Wildman–Crippen MR) is 81.9 cm³/mol. The summed E-state index contributed by atoms with van der Waals surface area (Å²) in [6.45, 7) is 15.7. The Morgan fingerprint density at radius 3 is 2.42 bits per heavy atom. The Morgan fingerprint density at radius 2 is 1.89 bits per heavy atom. The maximum Gasteiger partial charge on any atom is 0.225 e. The Labute approximate surface area is 117 Å². The first-order chi connectivity index (χ1) is 8.93. The van der Waals surface area contributed by atoms with Crippen molar-refractivity contribution in [2.45, 2.75) is 53.5 Å². The van der Waals surface area contributed by atoms with Crippen LogP contribution in [0.1, 0.15) is 51.9 Å². The number of hydrogen-bond acceptors (Lipinski definition) is 4. The van der Waals surface area contributed by atoms with Crippen molar-refractivity contribution in [1.82, 2.24) is 15.3 Å². The smallest absolute Gasteiger partial charge is 0.225 e. The van der Waals surface area contributed by atoms with Crippen LogP contribution >= 0.6 is 0 Å². The summed E-state index contributed by atoms with van der Waals surface area (Å²) in [5.74, 6) is 1.30. The standard InChI is InChI=1S/C15H28N4/c1-7-19(9-8-16-12(4)5)15-17-13(6)10-14(18-15)11(2)3/h10-12,16H,7-9H2,1-6H3. The van der Waals surface area contributed by atoms with Crippen LogP contribution in [0.2, 0.25) is 0 Å². The molecule has 0 radical (unpaired) electrons. The van der Waals surface area contributed by atoms with E-state index in [0.717, 1.165) is 37.0 Å². The average molecular weight is 264 g/mol. The van der Waals surface area contributed by atoms with Gasteiger partial charge in [0.05, 0.1) is 0 Å². The second-order valence-electron chi connectivity index (χ2n) is 5.58. The third-order valence-corrected chi connectivity index (χ3v) is 3.05. The molecule has 1 aromatic rings. The fraction of sp³-hybridized carbons (Fsp3) is 0.733. The highest BCUT2D eigenvalue weighted by Gasteiger charge is 2.11. The first-order valence-electron chi connectivity index (χ1n) is 7.28. The van der Waals surface area contributed by atoms with Crippen LogP contribution in [0.15, 0.2) is 6.07 Å². The summed E-state index contributed by atoms with van der Waals surface area (Å²) in [7, 11) is 0. The predicted octanol–water partition coefficient (Wildman–Crippen LogP) is 2.73. The first kappa shape index (κ1) is 15.9. The maximum atomic E-state index is 4.69. The maximum absolute atomic E-state index is 4.69. The van der Waals surface area contributed by atoms with Crippen molar-refractivity contribution < 1.29 is 0 Å². The summed E-state index contributed by atoms with van der Waals surface area (Å²) in [4.78, 5) is 11.5. The number of anilines is 1. The molecule has 0 fully saturated rings. The molecule has 0 bridgehead atoms. The van der Waals surface area contributed by atoms with Crippen LogP contribution in [0, 0.1) is 6.92 Å². The lowest BCUT2D eigenvalue weighted by Gasteiger charge is -2.23. The summed E-state index contributed by atoms with van der Waals surface area (Å²) < 4.78 is 0. The molecular formula is C15H28N4. The summed E-state index contributed by atoms with van der Waals surface area (Å²) in [5.41, 5.74) is 2.17. The highest BCUT2D eigenvalue weighted by atomic mass is 15.3. The van der Waals surface area contributed by atoms with Crippen LogP contribution in [-0.2, 0) is 0 Å². The van der Waals surface area contributed by atoms with E-state index < -0.39 is 0 Å². The zero-order valence-corrected chi connectivity index (χ0v) is 13.2. The molecule has 0 amide bonds. The zero-order chi connectivity index (χ0) is 14.4. The Bertz CT molecular complexity index is 388. The summed E-state index contributed by atoms with van der Waals surface area (Å²) in [6, 6.07) is 2.59. The molecule has 1 N–H and O–H groups in total. The lowest BCUT2D eigenvalue weighted by Crippen LogP contribution is -2.36. The van der Waals surface area contributed by atoms with Crippen LogP contribution in [0.5, 0.6) is 0 Å². The Kier molecular flexibility index (Phi) is 6.22. The molecule has 4 heteroatoms. The molecule has 0 atom stereocenters. The molecule has 1 rings (SSSR count). The summed E-state index contributed by atoms with van der Waals surface area (Å²) >= 11 is 0. The third-order valence-electron chi connectivity index (χ3n) is 3.05. The highest BCUT2D eigenvalue weighted by Crippen LogP contribution is 2.16. The fourth-order valence-electron chi connectivity index (χ4n) is 1.90. The molecule has 0 saturated carbocycles. The van der Waals surface area contributed by atoms with E-state index >= 15 is 0 Å². The molecule has 1 aromatic heterocycles.